The summed E-state index contributed by atoms with van der Waals surface area (Å²) >= 11 is 0. The lowest BCUT2D eigenvalue weighted by atomic mass is 10.2. The molecule has 1 aromatic carbocycles. The Morgan fingerprint density at radius 2 is 1.32 bits per heavy atom. The molecule has 0 unspecified atom stereocenters. The normalized spacial score (nSPS) is 10.6. The van der Waals surface area contributed by atoms with Crippen LogP contribution in [0.2, 0.25) is 0 Å². The summed E-state index contributed by atoms with van der Waals surface area (Å²) in [6, 6.07) is 9.45. The number of amides is 1. The van der Waals surface area contributed by atoms with Crippen molar-refractivity contribution in [2.75, 3.05) is 59.4 Å². The first-order valence-electron chi connectivity index (χ1n) is 9.16. The highest BCUT2D eigenvalue weighted by Crippen LogP contribution is 2.00. The van der Waals surface area contributed by atoms with Crippen LogP contribution >= 0.6 is 0 Å². The van der Waals surface area contributed by atoms with Crippen LogP contribution in [0.1, 0.15) is 12.0 Å². The molecule has 28 heavy (non-hydrogen) atoms. The van der Waals surface area contributed by atoms with E-state index < -0.39 is 12.1 Å². The largest absolute Gasteiger partial charge is 0.481 e. The van der Waals surface area contributed by atoms with Gasteiger partial charge in [0.2, 0.25) is 0 Å². The molecule has 0 radical (unpaired) electrons. The first-order chi connectivity index (χ1) is 13.7. The highest BCUT2D eigenvalue weighted by molar-refractivity contribution is 5.67. The Kier molecular flexibility index (Phi) is 14.4. The number of carbonyl (C=O) groups is 2. The summed E-state index contributed by atoms with van der Waals surface area (Å²) in [6.45, 7) is 3.61. The van der Waals surface area contributed by atoms with Gasteiger partial charge in [0.15, 0.2) is 0 Å². The van der Waals surface area contributed by atoms with Gasteiger partial charge in [0, 0.05) is 6.54 Å². The fourth-order valence-corrected chi connectivity index (χ4v) is 1.92. The van der Waals surface area contributed by atoms with Gasteiger partial charge in [0.25, 0.3) is 0 Å². The highest BCUT2D eigenvalue weighted by atomic mass is 16.6. The zero-order valence-corrected chi connectivity index (χ0v) is 16.0. The van der Waals surface area contributed by atoms with Gasteiger partial charge in [-0.25, -0.2) is 4.79 Å². The molecule has 0 saturated heterocycles. The topological polar surface area (TPSA) is 113 Å². The second kappa shape index (κ2) is 16.9. The minimum atomic E-state index is -0.879. The van der Waals surface area contributed by atoms with Gasteiger partial charge in [-0.05, 0) is 5.56 Å². The van der Waals surface area contributed by atoms with E-state index in [2.05, 4.69) is 5.32 Å². The summed E-state index contributed by atoms with van der Waals surface area (Å²) < 4.78 is 26.1. The second-order valence-electron chi connectivity index (χ2n) is 5.58. The molecule has 0 saturated carbocycles. The lowest BCUT2D eigenvalue weighted by Gasteiger charge is -2.08. The number of ether oxygens (including phenoxy) is 5. The summed E-state index contributed by atoms with van der Waals surface area (Å²) in [4.78, 5) is 21.8. The van der Waals surface area contributed by atoms with Crippen molar-refractivity contribution >= 4 is 12.1 Å². The number of carboxylic acid groups (broad SMARTS) is 1. The minimum absolute atomic E-state index is 0.00645. The number of aliphatic carboxylic acids is 1. The third-order valence-corrected chi connectivity index (χ3v) is 3.30. The maximum absolute atomic E-state index is 11.5. The molecule has 9 heteroatoms. The molecule has 0 aliphatic carbocycles. The van der Waals surface area contributed by atoms with Crippen molar-refractivity contribution in [1.29, 1.82) is 0 Å². The van der Waals surface area contributed by atoms with E-state index in [0.717, 1.165) is 5.56 Å². The van der Waals surface area contributed by atoms with E-state index in [-0.39, 0.29) is 19.6 Å². The first kappa shape index (κ1) is 23.8. The molecule has 0 spiro atoms. The first-order valence-corrected chi connectivity index (χ1v) is 9.16. The maximum atomic E-state index is 11.5. The Bertz CT molecular complexity index is 526. The maximum Gasteiger partial charge on any atom is 0.407 e. The molecule has 1 amide bonds. The Labute approximate surface area is 164 Å². The quantitative estimate of drug-likeness (QED) is 0.379. The lowest BCUT2D eigenvalue weighted by Crippen LogP contribution is -2.28. The molecule has 0 aliphatic heterocycles. The molecule has 0 fully saturated rings. The SMILES string of the molecule is O=C(O)CCOCCOCCOCCOCCNC(=O)OCc1ccccc1. The van der Waals surface area contributed by atoms with Crippen molar-refractivity contribution < 1.29 is 38.4 Å². The number of carbonyl (C=O) groups excluding carboxylic acids is 1. The number of carboxylic acids is 1. The third kappa shape index (κ3) is 14.9. The monoisotopic (exact) mass is 399 g/mol. The van der Waals surface area contributed by atoms with Crippen LogP contribution in [0.3, 0.4) is 0 Å². The van der Waals surface area contributed by atoms with Crippen molar-refractivity contribution in [2.24, 2.45) is 0 Å². The summed E-state index contributed by atoms with van der Waals surface area (Å²) in [7, 11) is 0. The lowest BCUT2D eigenvalue weighted by molar-refractivity contribution is -0.138. The Hall–Kier alpha value is -2.20. The van der Waals surface area contributed by atoms with Crippen molar-refractivity contribution in [3.63, 3.8) is 0 Å². The van der Waals surface area contributed by atoms with Crippen molar-refractivity contribution in [2.45, 2.75) is 13.0 Å². The van der Waals surface area contributed by atoms with Crippen LogP contribution < -0.4 is 5.32 Å². The van der Waals surface area contributed by atoms with E-state index in [1.165, 1.54) is 0 Å². The van der Waals surface area contributed by atoms with Gasteiger partial charge >= 0.3 is 12.1 Å². The molecule has 2 N–H and O–H groups in total. The van der Waals surface area contributed by atoms with E-state index in [1.54, 1.807) is 0 Å². The Morgan fingerprint density at radius 1 is 0.786 bits per heavy atom. The van der Waals surface area contributed by atoms with Gasteiger partial charge in [0.05, 0.1) is 59.3 Å². The van der Waals surface area contributed by atoms with Gasteiger partial charge in [-0.2, -0.15) is 0 Å². The number of alkyl carbamates (subject to hydrolysis) is 1. The average molecular weight is 399 g/mol. The van der Waals surface area contributed by atoms with Crippen LogP contribution in [0.15, 0.2) is 30.3 Å². The van der Waals surface area contributed by atoms with Gasteiger partial charge in [-0.1, -0.05) is 30.3 Å². The van der Waals surface area contributed by atoms with Crippen LogP contribution in [0, 0.1) is 0 Å². The molecule has 9 nitrogen and oxygen atoms in total. The zero-order chi connectivity index (χ0) is 20.3. The van der Waals surface area contributed by atoms with E-state index >= 15 is 0 Å². The standard InChI is InChI=1S/C19H29NO8/c21-18(22)6-8-24-10-12-26-14-15-27-13-11-25-9-7-20-19(23)28-16-17-4-2-1-3-5-17/h1-5H,6-16H2,(H,20,23)(H,21,22). The highest BCUT2D eigenvalue weighted by Gasteiger charge is 2.01. The molecule has 0 heterocycles. The predicted octanol–water partition coefficient (Wildman–Crippen LogP) is 1.45. The number of rotatable bonds is 17. The van der Waals surface area contributed by atoms with Crippen LogP contribution in [-0.4, -0.2) is 76.6 Å². The average Bonchev–Trinajstić information content (AvgIpc) is 2.70. The number of nitrogens with one attached hydrogen (secondary N) is 1. The molecule has 1 aromatic rings. The van der Waals surface area contributed by atoms with Crippen molar-refractivity contribution in [1.82, 2.24) is 5.32 Å². The minimum Gasteiger partial charge on any atom is -0.481 e. The number of benzene rings is 1. The third-order valence-electron chi connectivity index (χ3n) is 3.30. The summed E-state index contributed by atoms with van der Waals surface area (Å²) in [5.74, 6) is -0.879. The molecule has 0 atom stereocenters. The smallest absolute Gasteiger partial charge is 0.407 e. The predicted molar refractivity (Wildman–Crippen MR) is 100 cm³/mol. The van der Waals surface area contributed by atoms with Gasteiger partial charge in [-0.3, -0.25) is 4.79 Å². The molecular weight excluding hydrogens is 370 g/mol. The summed E-state index contributed by atoms with van der Waals surface area (Å²) in [6.07, 6.45) is -0.485. The van der Waals surface area contributed by atoms with Crippen LogP contribution in [0.25, 0.3) is 0 Å². The number of hydrogen-bond donors (Lipinski definition) is 2. The molecule has 158 valence electrons. The Morgan fingerprint density at radius 3 is 1.89 bits per heavy atom. The summed E-state index contributed by atoms with van der Waals surface area (Å²) in [5.41, 5.74) is 0.931. The van der Waals surface area contributed by atoms with Crippen LogP contribution in [0.5, 0.6) is 0 Å². The van der Waals surface area contributed by atoms with E-state index in [9.17, 15) is 9.59 Å². The van der Waals surface area contributed by atoms with E-state index in [4.69, 9.17) is 28.8 Å². The molecule has 0 bridgehead atoms. The van der Waals surface area contributed by atoms with Crippen molar-refractivity contribution in [3.05, 3.63) is 35.9 Å². The fraction of sp³-hybridized carbons (Fsp3) is 0.579. The van der Waals surface area contributed by atoms with Crippen LogP contribution in [-0.2, 0) is 35.1 Å². The van der Waals surface area contributed by atoms with Gasteiger partial charge in [-0.15, -0.1) is 0 Å². The van der Waals surface area contributed by atoms with E-state index in [0.29, 0.717) is 52.8 Å². The molecular formula is C19H29NO8. The number of hydrogen-bond acceptors (Lipinski definition) is 7. The van der Waals surface area contributed by atoms with Gasteiger partial charge < -0.3 is 34.1 Å². The van der Waals surface area contributed by atoms with Gasteiger partial charge in [0.1, 0.15) is 6.61 Å². The Balaban J connectivity index is 1.77. The molecule has 0 aliphatic rings. The second-order valence-corrected chi connectivity index (χ2v) is 5.58. The zero-order valence-electron chi connectivity index (χ0n) is 16.0. The van der Waals surface area contributed by atoms with E-state index in [1.807, 2.05) is 30.3 Å². The summed E-state index contributed by atoms with van der Waals surface area (Å²) in [5, 5.41) is 11.0. The molecule has 0 aromatic heterocycles. The van der Waals surface area contributed by atoms with Crippen LogP contribution in [0.4, 0.5) is 4.79 Å². The van der Waals surface area contributed by atoms with Crippen molar-refractivity contribution in [3.8, 4) is 0 Å². The molecule has 1 rings (SSSR count). The fourth-order valence-electron chi connectivity index (χ4n) is 1.92.